The average molecular weight is 444 g/mol. The number of carbonyl (C=O) groups is 2. The predicted molar refractivity (Wildman–Crippen MR) is 118 cm³/mol. The first-order valence-electron chi connectivity index (χ1n) is 11.0. The van der Waals surface area contributed by atoms with Crippen LogP contribution in [0.2, 0.25) is 0 Å². The van der Waals surface area contributed by atoms with E-state index in [0.717, 1.165) is 19.3 Å². The van der Waals surface area contributed by atoms with Crippen LogP contribution in [0.5, 0.6) is 0 Å². The molecule has 10 nitrogen and oxygen atoms in total. The second kappa shape index (κ2) is 8.07. The van der Waals surface area contributed by atoms with Crippen molar-refractivity contribution in [3.8, 4) is 0 Å². The summed E-state index contributed by atoms with van der Waals surface area (Å²) in [5, 5.41) is 3.17. The molecule has 1 aliphatic carbocycles. The molecule has 0 aromatic carbocycles. The third-order valence-corrected chi connectivity index (χ3v) is 5.88. The van der Waals surface area contributed by atoms with Crippen molar-refractivity contribution in [3.05, 3.63) is 38.7 Å². The summed E-state index contributed by atoms with van der Waals surface area (Å²) in [5.41, 5.74) is -1.12. The Labute approximate surface area is 185 Å². The van der Waals surface area contributed by atoms with E-state index in [1.54, 1.807) is 4.90 Å². The number of likely N-dealkylation sites (tertiary alicyclic amines) is 1. The molecule has 4 rings (SSSR count). The van der Waals surface area contributed by atoms with E-state index in [9.17, 15) is 19.2 Å². The molecule has 32 heavy (non-hydrogen) atoms. The number of hydrogen-bond donors (Lipinski definition) is 2. The van der Waals surface area contributed by atoms with Crippen molar-refractivity contribution in [1.29, 1.82) is 0 Å². The van der Waals surface area contributed by atoms with Crippen molar-refractivity contribution in [2.75, 3.05) is 13.1 Å². The van der Waals surface area contributed by atoms with Crippen LogP contribution in [0.4, 0.5) is 4.79 Å². The van der Waals surface area contributed by atoms with Gasteiger partial charge in [0.1, 0.15) is 11.2 Å². The molecule has 172 valence electrons. The molecule has 2 fully saturated rings. The summed E-state index contributed by atoms with van der Waals surface area (Å²) in [7, 11) is 0. The van der Waals surface area contributed by atoms with E-state index >= 15 is 0 Å². The molecule has 1 saturated carbocycles. The Kier molecular flexibility index (Phi) is 5.56. The molecule has 0 spiro atoms. The number of piperidine rings is 1. The van der Waals surface area contributed by atoms with E-state index in [2.05, 4.69) is 15.3 Å². The molecule has 1 aliphatic heterocycles. The number of carbonyl (C=O) groups excluding carboxylic acids is 2. The van der Waals surface area contributed by atoms with Gasteiger partial charge in [0, 0.05) is 31.4 Å². The highest BCUT2D eigenvalue weighted by Crippen LogP contribution is 2.34. The van der Waals surface area contributed by atoms with Gasteiger partial charge in [-0.3, -0.25) is 19.1 Å². The number of aromatic nitrogens is 3. The van der Waals surface area contributed by atoms with Crippen molar-refractivity contribution in [1.82, 2.24) is 24.8 Å². The third kappa shape index (κ3) is 4.53. The number of pyridine rings is 1. The number of hydrogen-bond acceptors (Lipinski definition) is 6. The van der Waals surface area contributed by atoms with Gasteiger partial charge in [-0.2, -0.15) is 0 Å². The van der Waals surface area contributed by atoms with Gasteiger partial charge in [0.05, 0.1) is 10.9 Å². The van der Waals surface area contributed by atoms with Crippen LogP contribution in [0.25, 0.3) is 11.0 Å². The number of nitrogens with zero attached hydrogens (tertiary/aromatic N) is 3. The summed E-state index contributed by atoms with van der Waals surface area (Å²) in [6, 6.07) is 1.24. The van der Waals surface area contributed by atoms with Crippen molar-refractivity contribution in [2.24, 2.45) is 5.92 Å². The summed E-state index contributed by atoms with van der Waals surface area (Å²) in [6.45, 7) is 8.36. The zero-order valence-electron chi connectivity index (χ0n) is 18.8. The van der Waals surface area contributed by atoms with Gasteiger partial charge in [-0.25, -0.2) is 14.6 Å². The van der Waals surface area contributed by atoms with Crippen LogP contribution in [-0.4, -0.2) is 56.2 Å². The number of H-pyrrole nitrogens is 1. The van der Waals surface area contributed by atoms with Crippen LogP contribution in [0.15, 0.2) is 21.9 Å². The Morgan fingerprint density at radius 1 is 1.22 bits per heavy atom. The van der Waals surface area contributed by atoms with Crippen LogP contribution in [-0.2, 0) is 4.74 Å². The lowest BCUT2D eigenvalue weighted by Gasteiger charge is -2.38. The van der Waals surface area contributed by atoms with Gasteiger partial charge in [-0.15, -0.1) is 0 Å². The minimum absolute atomic E-state index is 0.0379. The Morgan fingerprint density at radius 3 is 2.59 bits per heavy atom. The fourth-order valence-electron chi connectivity index (χ4n) is 3.93. The van der Waals surface area contributed by atoms with E-state index in [4.69, 9.17) is 4.74 Å². The molecule has 3 heterocycles. The molecule has 2 aromatic rings. The van der Waals surface area contributed by atoms with E-state index in [1.807, 2.05) is 27.7 Å². The van der Waals surface area contributed by atoms with Crippen molar-refractivity contribution >= 4 is 23.0 Å². The maximum Gasteiger partial charge on any atom is 0.410 e. The SMILES string of the molecule is C[C@H]1CCN(C(=O)OC(C)(C)C)C[C@H]1NC(=O)c1cnc2c(c1)c(=O)[nH]c(=O)n2C1CC1. The van der Waals surface area contributed by atoms with Gasteiger partial charge < -0.3 is 15.0 Å². The molecule has 0 unspecified atom stereocenters. The quantitative estimate of drug-likeness (QED) is 0.745. The van der Waals surface area contributed by atoms with Gasteiger partial charge in [0.25, 0.3) is 11.5 Å². The van der Waals surface area contributed by atoms with E-state index in [1.165, 1.54) is 16.8 Å². The monoisotopic (exact) mass is 443 g/mol. The lowest BCUT2D eigenvalue weighted by molar-refractivity contribution is 0.0146. The van der Waals surface area contributed by atoms with Crippen molar-refractivity contribution in [2.45, 2.75) is 64.6 Å². The van der Waals surface area contributed by atoms with Crippen molar-refractivity contribution in [3.63, 3.8) is 0 Å². The molecule has 10 heteroatoms. The zero-order chi connectivity index (χ0) is 23.2. The molecule has 2 N–H and O–H groups in total. The molecule has 2 aromatic heterocycles. The molecule has 2 amide bonds. The molecule has 2 aliphatic rings. The molecule has 2 atom stereocenters. The minimum Gasteiger partial charge on any atom is -0.444 e. The van der Waals surface area contributed by atoms with Crippen LogP contribution in [0.1, 0.15) is 63.4 Å². The first-order chi connectivity index (χ1) is 15.0. The van der Waals surface area contributed by atoms with Gasteiger partial charge in [0.2, 0.25) is 0 Å². The summed E-state index contributed by atoms with van der Waals surface area (Å²) >= 11 is 0. The Morgan fingerprint density at radius 2 is 1.94 bits per heavy atom. The highest BCUT2D eigenvalue weighted by molar-refractivity contribution is 5.97. The zero-order valence-corrected chi connectivity index (χ0v) is 18.8. The highest BCUT2D eigenvalue weighted by atomic mass is 16.6. The largest absolute Gasteiger partial charge is 0.444 e. The second-order valence-corrected chi connectivity index (χ2v) is 9.73. The van der Waals surface area contributed by atoms with Gasteiger partial charge in [-0.05, 0) is 52.0 Å². The number of fused-ring (bicyclic) bond motifs is 1. The average Bonchev–Trinajstić information content (AvgIpc) is 3.53. The van der Waals surface area contributed by atoms with Crippen LogP contribution in [0, 0.1) is 5.92 Å². The van der Waals surface area contributed by atoms with E-state index in [0.29, 0.717) is 18.7 Å². The summed E-state index contributed by atoms with van der Waals surface area (Å²) in [6.07, 6.45) is 3.43. The maximum atomic E-state index is 13.0. The van der Waals surface area contributed by atoms with Crippen LogP contribution >= 0.6 is 0 Å². The lowest BCUT2D eigenvalue weighted by Crippen LogP contribution is -2.54. The molecular formula is C22H29N5O5. The number of ether oxygens (including phenoxy) is 1. The highest BCUT2D eigenvalue weighted by Gasteiger charge is 2.33. The topological polar surface area (TPSA) is 126 Å². The van der Waals surface area contributed by atoms with Crippen LogP contribution < -0.4 is 16.6 Å². The first kappa shape index (κ1) is 22.0. The van der Waals surface area contributed by atoms with Gasteiger partial charge in [-0.1, -0.05) is 6.92 Å². The maximum absolute atomic E-state index is 13.0. The predicted octanol–water partition coefficient (Wildman–Crippen LogP) is 1.79. The summed E-state index contributed by atoms with van der Waals surface area (Å²) < 4.78 is 6.94. The molecule has 1 saturated heterocycles. The summed E-state index contributed by atoms with van der Waals surface area (Å²) in [4.78, 5) is 58.1. The van der Waals surface area contributed by atoms with Gasteiger partial charge >= 0.3 is 11.8 Å². The molecule has 0 radical (unpaired) electrons. The number of aromatic amines is 1. The Balaban J connectivity index is 1.53. The standard InChI is InChI=1S/C22H29N5O5/c1-12-7-8-26(21(31)32-22(2,3)4)11-16(12)24-18(28)13-9-15-17(23-10-13)27(14-5-6-14)20(30)25-19(15)29/h9-10,12,14,16H,5-8,11H2,1-4H3,(H,24,28)(H,25,29,30)/t12-,16+/m0/s1. The fourth-order valence-corrected chi connectivity index (χ4v) is 3.93. The molecular weight excluding hydrogens is 414 g/mol. The van der Waals surface area contributed by atoms with E-state index < -0.39 is 22.9 Å². The Hall–Kier alpha value is -3.17. The normalized spacial score (nSPS) is 21.4. The summed E-state index contributed by atoms with van der Waals surface area (Å²) in [5.74, 6) is -0.222. The Bertz CT molecular complexity index is 1170. The third-order valence-electron chi connectivity index (χ3n) is 5.88. The second-order valence-electron chi connectivity index (χ2n) is 9.73. The number of amides is 2. The first-order valence-corrected chi connectivity index (χ1v) is 11.0. The lowest BCUT2D eigenvalue weighted by atomic mass is 9.93. The number of nitrogens with one attached hydrogen (secondary N) is 2. The minimum atomic E-state index is -0.593. The van der Waals surface area contributed by atoms with Crippen molar-refractivity contribution < 1.29 is 14.3 Å². The fraction of sp³-hybridized carbons (Fsp3) is 0.591. The van der Waals surface area contributed by atoms with Gasteiger partial charge in [0.15, 0.2) is 0 Å². The van der Waals surface area contributed by atoms with Crippen LogP contribution in [0.3, 0.4) is 0 Å². The number of rotatable bonds is 3. The van der Waals surface area contributed by atoms with E-state index in [-0.39, 0.29) is 34.9 Å². The smallest absolute Gasteiger partial charge is 0.410 e. The molecule has 0 bridgehead atoms.